The van der Waals surface area contributed by atoms with Gasteiger partial charge < -0.3 is 11.2 Å². The number of nitrogens with zero attached hydrogens (tertiary/aromatic N) is 3. The predicted molar refractivity (Wildman–Crippen MR) is 111 cm³/mol. The van der Waals surface area contributed by atoms with Crippen LogP contribution in [-0.2, 0) is 17.6 Å². The monoisotopic (exact) mass is 395 g/mol. The summed E-state index contributed by atoms with van der Waals surface area (Å²) in [5.41, 5.74) is 2.71. The van der Waals surface area contributed by atoms with Crippen molar-refractivity contribution in [2.24, 2.45) is 0 Å². The van der Waals surface area contributed by atoms with E-state index in [4.69, 9.17) is 5.84 Å². The molecule has 0 aliphatic rings. The van der Waals surface area contributed by atoms with Crippen LogP contribution in [-0.4, -0.2) is 26.5 Å². The van der Waals surface area contributed by atoms with Gasteiger partial charge in [-0.3, -0.25) is 9.59 Å². The molecule has 3 N–H and O–H groups in total. The normalized spacial score (nSPS) is 10.6. The first kappa shape index (κ1) is 19.6. The zero-order chi connectivity index (χ0) is 19.9. The average molecular weight is 395 g/mol. The van der Waals surface area contributed by atoms with Crippen LogP contribution in [0.15, 0.2) is 64.5 Å². The average Bonchev–Trinajstić information content (AvgIpc) is 2.72. The van der Waals surface area contributed by atoms with Gasteiger partial charge in [-0.05, 0) is 29.7 Å². The molecule has 1 heterocycles. The Bertz CT molecular complexity index is 1000. The van der Waals surface area contributed by atoms with Crippen molar-refractivity contribution in [2.45, 2.75) is 24.9 Å². The number of nitrogen functional groups attached to an aromatic ring is 1. The van der Waals surface area contributed by atoms with Gasteiger partial charge in [0.05, 0.1) is 5.75 Å². The molecule has 0 saturated carbocycles. The summed E-state index contributed by atoms with van der Waals surface area (Å²) in [7, 11) is 0. The first-order valence-electron chi connectivity index (χ1n) is 8.86. The van der Waals surface area contributed by atoms with Crippen LogP contribution < -0.4 is 16.7 Å². The maximum Gasteiger partial charge on any atom is 0.294 e. The lowest BCUT2D eigenvalue weighted by molar-refractivity contribution is -0.113. The summed E-state index contributed by atoms with van der Waals surface area (Å²) in [5, 5.41) is 11.0. The Kier molecular flexibility index (Phi) is 6.44. The Labute approximate surface area is 167 Å². The molecule has 0 aliphatic carbocycles. The van der Waals surface area contributed by atoms with Crippen LogP contribution in [0.2, 0.25) is 0 Å². The van der Waals surface area contributed by atoms with Gasteiger partial charge in [0.15, 0.2) is 0 Å². The molecule has 8 heteroatoms. The maximum atomic E-state index is 12.4. The second-order valence-corrected chi connectivity index (χ2v) is 7.10. The number of aryl methyl sites for hydroxylation is 1. The highest BCUT2D eigenvalue weighted by Gasteiger charge is 2.13. The van der Waals surface area contributed by atoms with Gasteiger partial charge in [-0.2, -0.15) is 4.68 Å². The van der Waals surface area contributed by atoms with Crippen molar-refractivity contribution < 1.29 is 4.79 Å². The lowest BCUT2D eigenvalue weighted by Gasteiger charge is -2.08. The van der Waals surface area contributed by atoms with E-state index in [1.54, 1.807) is 0 Å². The molecule has 0 fully saturated rings. The molecule has 1 aromatic heterocycles. The number of rotatable bonds is 7. The van der Waals surface area contributed by atoms with Crippen molar-refractivity contribution in [3.63, 3.8) is 0 Å². The van der Waals surface area contributed by atoms with Crippen LogP contribution in [0.3, 0.4) is 0 Å². The fraction of sp³-hybridized carbons (Fsp3) is 0.200. The molecular weight excluding hydrogens is 374 g/mol. The van der Waals surface area contributed by atoms with Gasteiger partial charge in [0.25, 0.3) is 5.56 Å². The number of thioether (sulfide) groups is 1. The van der Waals surface area contributed by atoms with Crippen LogP contribution in [0.1, 0.15) is 23.7 Å². The number of aromatic nitrogens is 3. The summed E-state index contributed by atoms with van der Waals surface area (Å²) >= 11 is 1.06. The molecule has 0 spiro atoms. The third kappa shape index (κ3) is 4.98. The number of benzene rings is 2. The van der Waals surface area contributed by atoms with Gasteiger partial charge in [0.2, 0.25) is 11.1 Å². The molecular formula is C20H21N5O2S. The first-order valence-corrected chi connectivity index (χ1v) is 9.84. The summed E-state index contributed by atoms with van der Waals surface area (Å²) in [6.07, 6.45) is 1.29. The minimum atomic E-state index is -0.420. The lowest BCUT2D eigenvalue weighted by atomic mass is 10.1. The van der Waals surface area contributed by atoms with E-state index in [1.807, 2.05) is 54.6 Å². The van der Waals surface area contributed by atoms with Crippen molar-refractivity contribution in [3.05, 3.63) is 81.8 Å². The Hall–Kier alpha value is -3.13. The Morgan fingerprint density at radius 1 is 1.07 bits per heavy atom. The van der Waals surface area contributed by atoms with Gasteiger partial charge in [0.1, 0.15) is 5.69 Å². The SMILES string of the molecule is CCc1ccc(NC(=O)CSc2nnc(Cc3ccccc3)c(=O)n2N)cc1. The standard InChI is InChI=1S/C20H21N5O2S/c1-2-14-8-10-16(11-9-14)22-18(26)13-28-20-24-23-17(19(27)25(20)21)12-15-6-4-3-5-7-15/h3-11H,2,12-13,21H2,1H3,(H,22,26). The van der Waals surface area contributed by atoms with E-state index in [0.29, 0.717) is 6.42 Å². The zero-order valence-electron chi connectivity index (χ0n) is 15.5. The lowest BCUT2D eigenvalue weighted by Crippen LogP contribution is -2.34. The summed E-state index contributed by atoms with van der Waals surface area (Å²) < 4.78 is 0.944. The molecule has 7 nitrogen and oxygen atoms in total. The largest absolute Gasteiger partial charge is 0.334 e. The number of nitrogens with one attached hydrogen (secondary N) is 1. The highest BCUT2D eigenvalue weighted by molar-refractivity contribution is 7.99. The van der Waals surface area contributed by atoms with Crippen LogP contribution in [0.25, 0.3) is 0 Å². The minimum absolute atomic E-state index is 0.0683. The van der Waals surface area contributed by atoms with E-state index in [-0.39, 0.29) is 22.5 Å². The van der Waals surface area contributed by atoms with Crippen molar-refractivity contribution in [1.29, 1.82) is 0 Å². The van der Waals surface area contributed by atoms with E-state index >= 15 is 0 Å². The van der Waals surface area contributed by atoms with Gasteiger partial charge in [-0.1, -0.05) is 61.2 Å². The van der Waals surface area contributed by atoms with Crippen LogP contribution in [0.4, 0.5) is 5.69 Å². The molecule has 3 rings (SSSR count). The van der Waals surface area contributed by atoms with Crippen LogP contribution in [0.5, 0.6) is 0 Å². The molecule has 28 heavy (non-hydrogen) atoms. The second-order valence-electron chi connectivity index (χ2n) is 6.15. The summed E-state index contributed by atoms with van der Waals surface area (Å²) in [5.74, 6) is 5.71. The number of amides is 1. The summed E-state index contributed by atoms with van der Waals surface area (Å²) in [4.78, 5) is 24.5. The van der Waals surface area contributed by atoms with Gasteiger partial charge in [0, 0.05) is 12.1 Å². The fourth-order valence-electron chi connectivity index (χ4n) is 2.57. The number of nitrogens with two attached hydrogens (primary N) is 1. The zero-order valence-corrected chi connectivity index (χ0v) is 16.3. The Morgan fingerprint density at radius 3 is 2.46 bits per heavy atom. The van der Waals surface area contributed by atoms with E-state index in [2.05, 4.69) is 22.4 Å². The van der Waals surface area contributed by atoms with Crippen LogP contribution >= 0.6 is 11.8 Å². The van der Waals surface area contributed by atoms with Crippen LogP contribution in [0, 0.1) is 0 Å². The topological polar surface area (TPSA) is 103 Å². The molecule has 0 radical (unpaired) electrons. The quantitative estimate of drug-likeness (QED) is 0.470. The number of hydrogen-bond donors (Lipinski definition) is 2. The summed E-state index contributed by atoms with van der Waals surface area (Å²) in [6.45, 7) is 2.07. The molecule has 144 valence electrons. The van der Waals surface area contributed by atoms with E-state index in [0.717, 1.165) is 34.1 Å². The van der Waals surface area contributed by atoms with Gasteiger partial charge in [-0.15, -0.1) is 10.2 Å². The third-order valence-electron chi connectivity index (χ3n) is 4.12. The van der Waals surface area contributed by atoms with E-state index < -0.39 is 5.56 Å². The second kappa shape index (κ2) is 9.18. The highest BCUT2D eigenvalue weighted by Crippen LogP contribution is 2.14. The van der Waals surface area contributed by atoms with Gasteiger partial charge in [-0.25, -0.2) is 0 Å². The molecule has 0 aliphatic heterocycles. The number of carbonyl (C=O) groups is 1. The molecule has 3 aromatic rings. The molecule has 1 amide bonds. The van der Waals surface area contributed by atoms with Gasteiger partial charge >= 0.3 is 0 Å². The van der Waals surface area contributed by atoms with Crippen molar-refractivity contribution in [1.82, 2.24) is 14.9 Å². The van der Waals surface area contributed by atoms with Crippen molar-refractivity contribution in [2.75, 3.05) is 16.9 Å². The molecule has 0 saturated heterocycles. The third-order valence-corrected chi connectivity index (χ3v) is 5.06. The number of hydrogen-bond acceptors (Lipinski definition) is 6. The molecule has 0 unspecified atom stereocenters. The molecule has 0 bridgehead atoms. The fourth-order valence-corrected chi connectivity index (χ4v) is 3.22. The predicted octanol–water partition coefficient (Wildman–Crippen LogP) is 2.24. The van der Waals surface area contributed by atoms with Crippen molar-refractivity contribution in [3.8, 4) is 0 Å². The summed E-state index contributed by atoms with van der Waals surface area (Å²) in [6, 6.07) is 17.2. The molecule has 2 aromatic carbocycles. The smallest absolute Gasteiger partial charge is 0.294 e. The number of anilines is 1. The van der Waals surface area contributed by atoms with E-state index in [1.165, 1.54) is 5.56 Å². The number of carbonyl (C=O) groups excluding carboxylic acids is 1. The van der Waals surface area contributed by atoms with Crippen molar-refractivity contribution >= 4 is 23.4 Å². The Morgan fingerprint density at radius 2 is 1.79 bits per heavy atom. The first-order chi connectivity index (χ1) is 13.6. The molecule has 0 atom stereocenters. The minimum Gasteiger partial charge on any atom is -0.334 e. The maximum absolute atomic E-state index is 12.4. The Balaban J connectivity index is 1.61. The van der Waals surface area contributed by atoms with E-state index in [9.17, 15) is 9.59 Å². The highest BCUT2D eigenvalue weighted by atomic mass is 32.2.